The molecule has 1 heterocycles. The summed E-state index contributed by atoms with van der Waals surface area (Å²) in [5.74, 6) is -0.895. The predicted molar refractivity (Wildman–Crippen MR) is 64.9 cm³/mol. The van der Waals surface area contributed by atoms with Crippen molar-refractivity contribution in [1.29, 1.82) is 0 Å². The average molecular weight is 242 g/mol. The third kappa shape index (κ3) is 2.90. The lowest BCUT2D eigenvalue weighted by Gasteiger charge is -2.32. The Bertz CT molecular complexity index is 289. The number of carboxylic acids is 1. The van der Waals surface area contributed by atoms with Gasteiger partial charge in [-0.3, -0.25) is 0 Å². The molecule has 5 nitrogen and oxygen atoms in total. The predicted octanol–water partition coefficient (Wildman–Crippen LogP) is 1.78. The number of rotatable bonds is 4. The fourth-order valence-electron chi connectivity index (χ4n) is 2.45. The Morgan fingerprint density at radius 1 is 1.41 bits per heavy atom. The second-order valence-corrected chi connectivity index (χ2v) is 4.55. The molecule has 1 saturated heterocycles. The minimum Gasteiger partial charge on any atom is -0.480 e. The van der Waals surface area contributed by atoms with Gasteiger partial charge in [-0.25, -0.2) is 9.59 Å². The van der Waals surface area contributed by atoms with Crippen LogP contribution in [-0.2, 0) is 4.79 Å². The molecule has 0 aromatic carbocycles. The van der Waals surface area contributed by atoms with Crippen LogP contribution in [0.15, 0.2) is 0 Å². The summed E-state index contributed by atoms with van der Waals surface area (Å²) in [6, 6.07) is -0.597. The third-order valence-corrected chi connectivity index (χ3v) is 3.58. The van der Waals surface area contributed by atoms with Gasteiger partial charge in [0.15, 0.2) is 0 Å². The summed E-state index contributed by atoms with van der Waals surface area (Å²) in [5, 5.41) is 9.05. The number of carbonyl (C=O) groups is 2. The van der Waals surface area contributed by atoms with E-state index in [9.17, 15) is 9.59 Å². The lowest BCUT2D eigenvalue weighted by molar-refractivity contribution is -0.141. The molecule has 1 atom stereocenters. The molecule has 0 aromatic rings. The van der Waals surface area contributed by atoms with Crippen molar-refractivity contribution in [2.24, 2.45) is 0 Å². The number of hydrogen-bond donors (Lipinski definition) is 1. The van der Waals surface area contributed by atoms with Crippen molar-refractivity contribution < 1.29 is 14.7 Å². The van der Waals surface area contributed by atoms with E-state index in [1.54, 1.807) is 11.9 Å². The number of carbonyl (C=O) groups excluding carboxylic acids is 1. The van der Waals surface area contributed by atoms with Gasteiger partial charge in [0.05, 0.1) is 0 Å². The molecule has 1 fully saturated rings. The first-order chi connectivity index (χ1) is 8.02. The van der Waals surface area contributed by atoms with Gasteiger partial charge in [-0.2, -0.15) is 0 Å². The van der Waals surface area contributed by atoms with Crippen LogP contribution in [0.25, 0.3) is 0 Å². The van der Waals surface area contributed by atoms with E-state index >= 15 is 0 Å². The van der Waals surface area contributed by atoms with Crippen molar-refractivity contribution in [2.45, 2.75) is 51.6 Å². The van der Waals surface area contributed by atoms with Crippen LogP contribution in [0.2, 0.25) is 0 Å². The fraction of sp³-hybridized carbons (Fsp3) is 0.833. The molecule has 5 heteroatoms. The Labute approximate surface area is 102 Å². The first kappa shape index (κ1) is 13.8. The van der Waals surface area contributed by atoms with Crippen LogP contribution in [0.3, 0.4) is 0 Å². The molecule has 0 unspecified atom stereocenters. The minimum absolute atomic E-state index is 0.149. The third-order valence-electron chi connectivity index (χ3n) is 3.58. The maximum Gasteiger partial charge on any atom is 0.326 e. The molecule has 0 aromatic heterocycles. The molecule has 2 amide bonds. The highest BCUT2D eigenvalue weighted by Gasteiger charge is 2.36. The Hall–Kier alpha value is -1.26. The summed E-state index contributed by atoms with van der Waals surface area (Å²) in [6.45, 7) is 4.63. The van der Waals surface area contributed by atoms with Gasteiger partial charge in [-0.05, 0) is 25.7 Å². The van der Waals surface area contributed by atoms with Crippen molar-refractivity contribution in [1.82, 2.24) is 9.80 Å². The molecule has 1 aliphatic heterocycles. The van der Waals surface area contributed by atoms with Crippen molar-refractivity contribution in [3.63, 3.8) is 0 Å². The Balaban J connectivity index is 2.71. The van der Waals surface area contributed by atoms with Crippen molar-refractivity contribution in [2.75, 3.05) is 13.6 Å². The summed E-state index contributed by atoms with van der Waals surface area (Å²) >= 11 is 0. The van der Waals surface area contributed by atoms with Gasteiger partial charge in [0.25, 0.3) is 0 Å². The molecule has 0 spiro atoms. The van der Waals surface area contributed by atoms with Gasteiger partial charge in [-0.15, -0.1) is 0 Å². The largest absolute Gasteiger partial charge is 0.480 e. The van der Waals surface area contributed by atoms with E-state index in [0.29, 0.717) is 13.0 Å². The van der Waals surface area contributed by atoms with Crippen molar-refractivity contribution >= 4 is 12.0 Å². The molecule has 17 heavy (non-hydrogen) atoms. The second-order valence-electron chi connectivity index (χ2n) is 4.55. The zero-order valence-electron chi connectivity index (χ0n) is 10.8. The number of urea groups is 1. The molecule has 1 rings (SSSR count). The van der Waals surface area contributed by atoms with E-state index in [-0.39, 0.29) is 12.1 Å². The summed E-state index contributed by atoms with van der Waals surface area (Å²) < 4.78 is 0. The lowest BCUT2D eigenvalue weighted by atomic mass is 10.1. The van der Waals surface area contributed by atoms with Crippen molar-refractivity contribution in [3.05, 3.63) is 0 Å². The highest BCUT2D eigenvalue weighted by Crippen LogP contribution is 2.20. The quantitative estimate of drug-likeness (QED) is 0.817. The fourth-order valence-corrected chi connectivity index (χ4v) is 2.45. The van der Waals surface area contributed by atoms with E-state index in [4.69, 9.17) is 5.11 Å². The topological polar surface area (TPSA) is 60.9 Å². The van der Waals surface area contributed by atoms with E-state index in [0.717, 1.165) is 19.3 Å². The van der Waals surface area contributed by atoms with Crippen LogP contribution in [0.1, 0.15) is 39.5 Å². The molecule has 0 radical (unpaired) electrons. The van der Waals surface area contributed by atoms with Gasteiger partial charge in [-0.1, -0.05) is 13.8 Å². The van der Waals surface area contributed by atoms with E-state index in [1.165, 1.54) is 4.90 Å². The smallest absolute Gasteiger partial charge is 0.326 e. The summed E-state index contributed by atoms with van der Waals surface area (Å²) in [4.78, 5) is 26.4. The first-order valence-corrected chi connectivity index (χ1v) is 6.29. The zero-order chi connectivity index (χ0) is 13.0. The Morgan fingerprint density at radius 3 is 2.47 bits per heavy atom. The first-order valence-electron chi connectivity index (χ1n) is 6.29. The Morgan fingerprint density at radius 2 is 2.00 bits per heavy atom. The molecular formula is C12H22N2O3. The van der Waals surface area contributed by atoms with Crippen LogP contribution in [0.4, 0.5) is 4.79 Å². The minimum atomic E-state index is -0.895. The molecular weight excluding hydrogens is 220 g/mol. The normalized spacial score (nSPS) is 19.8. The Kier molecular flexibility index (Phi) is 4.78. The number of carboxylic acid groups (broad SMARTS) is 1. The van der Waals surface area contributed by atoms with Gasteiger partial charge < -0.3 is 14.9 Å². The molecule has 1 N–H and O–H groups in total. The second kappa shape index (κ2) is 5.89. The van der Waals surface area contributed by atoms with Gasteiger partial charge in [0.1, 0.15) is 6.04 Å². The highest BCUT2D eigenvalue weighted by molar-refractivity contribution is 5.83. The monoisotopic (exact) mass is 242 g/mol. The number of amides is 2. The number of aliphatic carboxylic acids is 1. The van der Waals surface area contributed by atoms with Gasteiger partial charge in [0.2, 0.25) is 0 Å². The maximum atomic E-state index is 12.2. The number of nitrogens with zero attached hydrogens (tertiary/aromatic N) is 2. The van der Waals surface area contributed by atoms with Crippen LogP contribution in [0, 0.1) is 0 Å². The van der Waals surface area contributed by atoms with Crippen LogP contribution >= 0.6 is 0 Å². The molecule has 0 saturated carbocycles. The summed E-state index contributed by atoms with van der Waals surface area (Å²) in [5.41, 5.74) is 0. The number of hydrogen-bond acceptors (Lipinski definition) is 2. The lowest BCUT2D eigenvalue weighted by Crippen LogP contribution is -2.49. The van der Waals surface area contributed by atoms with E-state index in [1.807, 2.05) is 13.8 Å². The molecule has 1 aliphatic rings. The molecule has 98 valence electrons. The van der Waals surface area contributed by atoms with Crippen LogP contribution in [0.5, 0.6) is 0 Å². The molecule has 0 bridgehead atoms. The van der Waals surface area contributed by atoms with Crippen molar-refractivity contribution in [3.8, 4) is 0 Å². The number of likely N-dealkylation sites (tertiary alicyclic amines) is 1. The maximum absolute atomic E-state index is 12.2. The SMILES string of the molecule is CCC(CC)N(C)C(=O)N1CCC[C@H]1C(=O)O. The van der Waals surface area contributed by atoms with E-state index in [2.05, 4.69) is 0 Å². The summed E-state index contributed by atoms with van der Waals surface area (Å²) in [7, 11) is 1.76. The zero-order valence-corrected chi connectivity index (χ0v) is 10.8. The van der Waals surface area contributed by atoms with Crippen LogP contribution < -0.4 is 0 Å². The average Bonchev–Trinajstić information content (AvgIpc) is 2.78. The van der Waals surface area contributed by atoms with E-state index < -0.39 is 12.0 Å². The van der Waals surface area contributed by atoms with Gasteiger partial charge in [0, 0.05) is 19.6 Å². The molecule has 0 aliphatic carbocycles. The summed E-state index contributed by atoms with van der Waals surface area (Å²) in [6.07, 6.45) is 3.13. The standard InChI is InChI=1S/C12H22N2O3/c1-4-9(5-2)13(3)12(17)14-8-6-7-10(14)11(15)16/h9-10H,4-8H2,1-3H3,(H,15,16)/t10-/m0/s1. The van der Waals surface area contributed by atoms with Gasteiger partial charge >= 0.3 is 12.0 Å². The highest BCUT2D eigenvalue weighted by atomic mass is 16.4. The van der Waals surface area contributed by atoms with Crippen LogP contribution in [-0.4, -0.2) is 52.6 Å².